The van der Waals surface area contributed by atoms with Crippen molar-refractivity contribution in [2.24, 2.45) is 7.05 Å². The van der Waals surface area contributed by atoms with Crippen LogP contribution in [0.5, 0.6) is 0 Å². The Morgan fingerprint density at radius 3 is 2.86 bits per heavy atom. The lowest BCUT2D eigenvalue weighted by atomic mass is 10.1. The van der Waals surface area contributed by atoms with Crippen LogP contribution in [0.15, 0.2) is 54.0 Å². The Morgan fingerprint density at radius 1 is 1.18 bits per heavy atom. The first-order chi connectivity index (χ1) is 13.7. The molecule has 0 radical (unpaired) electrons. The molecular weight excluding hydrogens is 352 g/mol. The van der Waals surface area contributed by atoms with E-state index in [9.17, 15) is 4.79 Å². The molecule has 1 aliphatic heterocycles. The molecule has 7 nitrogen and oxygen atoms in total. The van der Waals surface area contributed by atoms with Crippen molar-refractivity contribution >= 4 is 10.9 Å². The lowest BCUT2D eigenvalue weighted by Gasteiger charge is -2.27. The number of H-pyrrole nitrogens is 1. The zero-order chi connectivity index (χ0) is 19.1. The van der Waals surface area contributed by atoms with Crippen molar-refractivity contribution in [3.05, 3.63) is 76.4 Å². The quantitative estimate of drug-likeness (QED) is 0.597. The van der Waals surface area contributed by atoms with Crippen LogP contribution in [0.25, 0.3) is 22.3 Å². The molecule has 0 spiro atoms. The number of fused-ring (bicyclic) bond motifs is 2. The molecule has 1 N–H and O–H groups in total. The van der Waals surface area contributed by atoms with Gasteiger partial charge in [0.05, 0.1) is 16.8 Å². The molecule has 5 rings (SSSR count). The van der Waals surface area contributed by atoms with E-state index in [0.29, 0.717) is 12.4 Å². The summed E-state index contributed by atoms with van der Waals surface area (Å²) in [7, 11) is 2.07. The van der Waals surface area contributed by atoms with E-state index in [0.717, 1.165) is 36.3 Å². The summed E-state index contributed by atoms with van der Waals surface area (Å²) >= 11 is 0. The van der Waals surface area contributed by atoms with Crippen molar-refractivity contribution < 1.29 is 0 Å². The predicted molar refractivity (Wildman–Crippen MR) is 107 cm³/mol. The summed E-state index contributed by atoms with van der Waals surface area (Å²) in [5.74, 6) is 0.534. The fourth-order valence-corrected chi connectivity index (χ4v) is 3.97. The van der Waals surface area contributed by atoms with E-state index in [1.165, 1.54) is 22.8 Å². The van der Waals surface area contributed by atoms with Gasteiger partial charge in [-0.1, -0.05) is 18.2 Å². The molecule has 0 amide bonds. The molecule has 1 aliphatic rings. The third-order valence-corrected chi connectivity index (χ3v) is 5.36. The second-order valence-electron chi connectivity index (χ2n) is 7.21. The third-order valence-electron chi connectivity index (χ3n) is 5.36. The molecule has 4 aromatic rings. The van der Waals surface area contributed by atoms with Gasteiger partial charge in [0.25, 0.3) is 5.56 Å². The van der Waals surface area contributed by atoms with E-state index in [1.807, 2.05) is 0 Å². The first-order valence-corrected chi connectivity index (χ1v) is 9.32. The Hall–Kier alpha value is -3.32. The number of aryl methyl sites for hydroxylation is 1. The standard InChI is InChI=1S/C21H20N6O/c1-26-10-15(16-4-2-3-5-19(16)26)11-27-7-6-18-17(12-27)21(28)25-20(24-18)14-8-22-13-23-9-14/h2-5,8-10,13H,6-7,11-12H2,1H3,(H,24,25,28). The summed E-state index contributed by atoms with van der Waals surface area (Å²) < 4.78 is 2.16. The summed E-state index contributed by atoms with van der Waals surface area (Å²) in [6.45, 7) is 2.29. The number of rotatable bonds is 3. The minimum atomic E-state index is -0.0773. The van der Waals surface area contributed by atoms with Gasteiger partial charge in [-0.25, -0.2) is 15.0 Å². The van der Waals surface area contributed by atoms with Crippen molar-refractivity contribution in [3.8, 4) is 11.4 Å². The highest BCUT2D eigenvalue weighted by Gasteiger charge is 2.22. The molecule has 140 valence electrons. The lowest BCUT2D eigenvalue weighted by Crippen LogP contribution is -2.35. The number of aromatic nitrogens is 5. The predicted octanol–water partition coefficient (Wildman–Crippen LogP) is 2.28. The Balaban J connectivity index is 1.43. The van der Waals surface area contributed by atoms with Crippen LogP contribution in [0.1, 0.15) is 16.8 Å². The fourth-order valence-electron chi connectivity index (χ4n) is 3.97. The second-order valence-corrected chi connectivity index (χ2v) is 7.21. The molecule has 0 fully saturated rings. The SMILES string of the molecule is Cn1cc(CN2CCc3nc(-c4cncnc4)[nH]c(=O)c3C2)c2ccccc21. The number of para-hydroxylation sites is 1. The molecule has 4 heterocycles. The molecule has 0 bridgehead atoms. The number of aromatic amines is 1. The molecule has 1 aromatic carbocycles. The first-order valence-electron chi connectivity index (χ1n) is 9.32. The normalized spacial score (nSPS) is 14.3. The first kappa shape index (κ1) is 16.8. The van der Waals surface area contributed by atoms with Crippen LogP contribution >= 0.6 is 0 Å². The van der Waals surface area contributed by atoms with Crippen LogP contribution in [0.4, 0.5) is 0 Å². The van der Waals surface area contributed by atoms with Gasteiger partial charge >= 0.3 is 0 Å². The summed E-state index contributed by atoms with van der Waals surface area (Å²) in [5, 5.41) is 1.27. The molecule has 7 heteroatoms. The summed E-state index contributed by atoms with van der Waals surface area (Å²) in [6.07, 6.45) is 7.72. The highest BCUT2D eigenvalue weighted by molar-refractivity contribution is 5.83. The van der Waals surface area contributed by atoms with Crippen molar-refractivity contribution in [1.29, 1.82) is 0 Å². The van der Waals surface area contributed by atoms with Crippen molar-refractivity contribution in [1.82, 2.24) is 29.4 Å². The van der Waals surface area contributed by atoms with Gasteiger partial charge in [0, 0.05) is 62.6 Å². The van der Waals surface area contributed by atoms with Gasteiger partial charge in [-0.3, -0.25) is 9.69 Å². The van der Waals surface area contributed by atoms with Crippen molar-refractivity contribution in [3.63, 3.8) is 0 Å². The minimum Gasteiger partial charge on any atom is -0.350 e. The van der Waals surface area contributed by atoms with E-state index < -0.39 is 0 Å². The van der Waals surface area contributed by atoms with E-state index in [1.54, 1.807) is 12.4 Å². The lowest BCUT2D eigenvalue weighted by molar-refractivity contribution is 0.242. The Morgan fingerprint density at radius 2 is 2.00 bits per heavy atom. The number of nitrogens with one attached hydrogen (secondary N) is 1. The largest absolute Gasteiger partial charge is 0.350 e. The molecule has 0 unspecified atom stereocenters. The van der Waals surface area contributed by atoms with Crippen LogP contribution in [-0.4, -0.2) is 35.9 Å². The summed E-state index contributed by atoms with van der Waals surface area (Å²) in [4.78, 5) is 30.6. The van der Waals surface area contributed by atoms with E-state index in [4.69, 9.17) is 0 Å². The average molecular weight is 372 g/mol. The molecule has 0 saturated heterocycles. The van der Waals surface area contributed by atoms with E-state index in [-0.39, 0.29) is 5.56 Å². The summed E-state index contributed by atoms with van der Waals surface area (Å²) in [6, 6.07) is 8.42. The fraction of sp³-hybridized carbons (Fsp3) is 0.238. The summed E-state index contributed by atoms with van der Waals surface area (Å²) in [5.41, 5.74) is 4.78. The van der Waals surface area contributed by atoms with Gasteiger partial charge in [0.1, 0.15) is 12.2 Å². The van der Waals surface area contributed by atoms with Gasteiger partial charge in [-0.15, -0.1) is 0 Å². The van der Waals surface area contributed by atoms with Gasteiger partial charge in [0.2, 0.25) is 0 Å². The maximum Gasteiger partial charge on any atom is 0.255 e. The average Bonchev–Trinajstić information content (AvgIpc) is 3.05. The number of hydrogen-bond acceptors (Lipinski definition) is 5. The highest BCUT2D eigenvalue weighted by Crippen LogP contribution is 2.24. The van der Waals surface area contributed by atoms with Crippen molar-refractivity contribution in [2.75, 3.05) is 6.54 Å². The van der Waals surface area contributed by atoms with Crippen LogP contribution in [0, 0.1) is 0 Å². The number of hydrogen-bond donors (Lipinski definition) is 1. The van der Waals surface area contributed by atoms with E-state index in [2.05, 4.69) is 66.9 Å². The molecule has 0 atom stereocenters. The number of benzene rings is 1. The zero-order valence-electron chi connectivity index (χ0n) is 15.6. The Labute approximate surface area is 161 Å². The monoisotopic (exact) mass is 372 g/mol. The third kappa shape index (κ3) is 2.90. The minimum absolute atomic E-state index is 0.0773. The van der Waals surface area contributed by atoms with Gasteiger partial charge in [0.15, 0.2) is 0 Å². The second kappa shape index (κ2) is 6.69. The van der Waals surface area contributed by atoms with Gasteiger partial charge in [-0.05, 0) is 11.6 Å². The molecule has 28 heavy (non-hydrogen) atoms. The van der Waals surface area contributed by atoms with Crippen LogP contribution in [0.2, 0.25) is 0 Å². The number of nitrogens with zero attached hydrogens (tertiary/aromatic N) is 5. The van der Waals surface area contributed by atoms with Gasteiger partial charge in [-0.2, -0.15) is 0 Å². The van der Waals surface area contributed by atoms with E-state index >= 15 is 0 Å². The van der Waals surface area contributed by atoms with Crippen LogP contribution < -0.4 is 5.56 Å². The maximum absolute atomic E-state index is 12.7. The van der Waals surface area contributed by atoms with Crippen molar-refractivity contribution in [2.45, 2.75) is 19.5 Å². The zero-order valence-corrected chi connectivity index (χ0v) is 15.6. The Bertz CT molecular complexity index is 1210. The molecule has 3 aromatic heterocycles. The smallest absolute Gasteiger partial charge is 0.255 e. The van der Waals surface area contributed by atoms with Crippen LogP contribution in [0.3, 0.4) is 0 Å². The highest BCUT2D eigenvalue weighted by atomic mass is 16.1. The Kier molecular flexibility index (Phi) is 4.02. The van der Waals surface area contributed by atoms with Gasteiger partial charge < -0.3 is 9.55 Å². The molecular formula is C21H20N6O. The van der Waals surface area contributed by atoms with Crippen LogP contribution in [-0.2, 0) is 26.6 Å². The molecule has 0 aliphatic carbocycles. The maximum atomic E-state index is 12.7. The molecule has 0 saturated carbocycles. The topological polar surface area (TPSA) is 79.7 Å².